The van der Waals surface area contributed by atoms with E-state index in [2.05, 4.69) is 9.80 Å². The minimum atomic E-state index is -5.08. The van der Waals surface area contributed by atoms with Crippen LogP contribution in [0, 0.1) is 11.3 Å². The molecule has 16 heteroatoms. The van der Waals surface area contributed by atoms with Crippen LogP contribution in [-0.4, -0.2) is 101 Å². The summed E-state index contributed by atoms with van der Waals surface area (Å²) in [4.78, 5) is 34.9. The van der Waals surface area contributed by atoms with Gasteiger partial charge in [-0.25, -0.2) is 9.59 Å². The number of hydrogen-bond donors (Lipinski definition) is 3. The maximum atomic E-state index is 12.3. The van der Waals surface area contributed by atoms with Crippen molar-refractivity contribution in [1.82, 2.24) is 9.80 Å². The number of aliphatic carboxylic acids is 3. The van der Waals surface area contributed by atoms with Crippen LogP contribution in [0.15, 0.2) is 23.0 Å². The molecule has 3 N–H and O–H groups in total. The first-order chi connectivity index (χ1) is 18.1. The third-order valence-electron chi connectivity index (χ3n) is 6.89. The molecule has 3 fully saturated rings. The number of carbonyl (C=O) groups is 3. The third-order valence-corrected chi connectivity index (χ3v) is 6.89. The molecule has 3 aliphatic heterocycles. The Morgan fingerprint density at radius 1 is 0.974 bits per heavy atom. The van der Waals surface area contributed by atoms with Crippen LogP contribution in [0.25, 0.3) is 0 Å². The zero-order valence-corrected chi connectivity index (χ0v) is 20.7. The quantitative estimate of drug-likeness (QED) is 0.457. The molecule has 39 heavy (non-hydrogen) atoms. The van der Waals surface area contributed by atoms with E-state index in [4.69, 9.17) is 29.0 Å². The zero-order chi connectivity index (χ0) is 29.4. The molecular formula is C23H30F6N2O8. The molecule has 3 saturated heterocycles. The fraction of sp³-hybridized carbons (Fsp3) is 0.696. The van der Waals surface area contributed by atoms with Crippen LogP contribution in [0.4, 0.5) is 26.3 Å². The van der Waals surface area contributed by atoms with Crippen molar-refractivity contribution in [2.45, 2.75) is 50.6 Å². The van der Waals surface area contributed by atoms with Gasteiger partial charge in [0, 0.05) is 56.9 Å². The van der Waals surface area contributed by atoms with E-state index in [9.17, 15) is 36.2 Å². The van der Waals surface area contributed by atoms with Crippen LogP contribution < -0.4 is 0 Å². The Bertz CT molecular complexity index is 925. The Morgan fingerprint density at radius 2 is 1.54 bits per heavy atom. The third kappa shape index (κ3) is 9.39. The Morgan fingerprint density at radius 3 is 2.00 bits per heavy atom. The van der Waals surface area contributed by atoms with E-state index in [1.165, 1.54) is 0 Å². The van der Waals surface area contributed by atoms with Gasteiger partial charge in [0.15, 0.2) is 0 Å². The number of hydrogen-bond acceptors (Lipinski definition) is 7. The summed E-state index contributed by atoms with van der Waals surface area (Å²) < 4.78 is 74.1. The highest BCUT2D eigenvalue weighted by molar-refractivity contribution is 5.76. The first-order valence-corrected chi connectivity index (χ1v) is 11.9. The van der Waals surface area contributed by atoms with E-state index in [1.54, 1.807) is 12.5 Å². The van der Waals surface area contributed by atoms with Crippen molar-refractivity contribution in [2.24, 2.45) is 11.3 Å². The lowest BCUT2D eigenvalue weighted by atomic mass is 9.75. The predicted molar refractivity (Wildman–Crippen MR) is 120 cm³/mol. The number of ether oxygens (including phenoxy) is 1. The molecule has 222 valence electrons. The summed E-state index contributed by atoms with van der Waals surface area (Å²) in [6, 6.07) is 2.52. The van der Waals surface area contributed by atoms with Crippen molar-refractivity contribution in [3.63, 3.8) is 0 Å². The highest BCUT2D eigenvalue weighted by Crippen LogP contribution is 2.44. The van der Waals surface area contributed by atoms with Gasteiger partial charge in [0.05, 0.1) is 17.9 Å². The largest absolute Gasteiger partial charge is 0.490 e. The maximum absolute atomic E-state index is 12.3. The molecule has 1 aromatic rings. The first-order valence-electron chi connectivity index (χ1n) is 11.9. The van der Waals surface area contributed by atoms with Gasteiger partial charge in [-0.1, -0.05) is 0 Å². The molecule has 1 aromatic heterocycles. The lowest BCUT2D eigenvalue weighted by molar-refractivity contribution is -0.193. The zero-order valence-electron chi connectivity index (χ0n) is 20.7. The lowest BCUT2D eigenvalue weighted by Gasteiger charge is -2.36. The lowest BCUT2D eigenvalue weighted by Crippen LogP contribution is -2.45. The van der Waals surface area contributed by atoms with Gasteiger partial charge < -0.3 is 24.5 Å². The summed E-state index contributed by atoms with van der Waals surface area (Å²) in [6.07, 6.45) is -2.81. The Kier molecular flexibility index (Phi) is 11.2. The maximum Gasteiger partial charge on any atom is 0.490 e. The molecule has 0 bridgehead atoms. The summed E-state index contributed by atoms with van der Waals surface area (Å²) >= 11 is 0. The normalized spacial score (nSPS) is 24.8. The molecule has 0 radical (unpaired) electrons. The molecule has 0 amide bonds. The van der Waals surface area contributed by atoms with Crippen LogP contribution >= 0.6 is 0 Å². The van der Waals surface area contributed by atoms with Crippen LogP contribution in [-0.2, 0) is 25.7 Å². The molecule has 0 spiro atoms. The van der Waals surface area contributed by atoms with Crippen molar-refractivity contribution in [2.75, 3.05) is 39.4 Å². The van der Waals surface area contributed by atoms with Gasteiger partial charge in [0.1, 0.15) is 0 Å². The molecule has 4 rings (SSSR count). The number of likely N-dealkylation sites (tertiary alicyclic amines) is 2. The second-order valence-corrected chi connectivity index (χ2v) is 9.51. The van der Waals surface area contributed by atoms with Gasteiger partial charge in [0.2, 0.25) is 0 Å². The number of halogens is 6. The van der Waals surface area contributed by atoms with Gasteiger partial charge >= 0.3 is 30.3 Å². The Hall–Kier alpha value is -2.85. The number of rotatable bonds is 4. The van der Waals surface area contributed by atoms with E-state index in [-0.39, 0.29) is 5.92 Å². The van der Waals surface area contributed by atoms with Gasteiger partial charge in [0.25, 0.3) is 0 Å². The standard InChI is InChI=1S/C19H28N2O4.2C2HF3O2/c22-18(23)19-5-1-6-21(17-3-8-24-9-4-17)12-16(19)11-20(14-19)10-15-2-7-25-13-15;2*3-2(4,5)1(6)7/h2,7,13,16-17H,1,3-6,8-12,14H2,(H,22,23);2*(H,6,7)/t16-,19+;;/m1../s1. The molecule has 0 saturated carbocycles. The second kappa shape index (κ2) is 13.5. The SMILES string of the molecule is O=C(O)C(F)(F)F.O=C(O)C(F)(F)F.O=C(O)[C@]12CCCN(C3CCOCC3)C[C@H]1CN(Cc1ccoc1)C2. The van der Waals surface area contributed by atoms with E-state index < -0.39 is 35.7 Å². The second-order valence-electron chi connectivity index (χ2n) is 9.51. The average molecular weight is 576 g/mol. The summed E-state index contributed by atoms with van der Waals surface area (Å²) in [5, 5.41) is 24.3. The van der Waals surface area contributed by atoms with Crippen molar-refractivity contribution >= 4 is 17.9 Å². The topological polar surface area (TPSA) is 141 Å². The number of carboxylic acid groups (broad SMARTS) is 3. The Labute approximate surface area is 219 Å². The van der Waals surface area contributed by atoms with Crippen molar-refractivity contribution in [3.05, 3.63) is 24.2 Å². The van der Waals surface area contributed by atoms with Crippen molar-refractivity contribution in [3.8, 4) is 0 Å². The van der Waals surface area contributed by atoms with E-state index >= 15 is 0 Å². The molecule has 4 heterocycles. The fourth-order valence-corrected chi connectivity index (χ4v) is 5.06. The summed E-state index contributed by atoms with van der Waals surface area (Å²) in [6.45, 7) is 5.89. The van der Waals surface area contributed by atoms with Gasteiger partial charge in [-0.15, -0.1) is 0 Å². The summed E-state index contributed by atoms with van der Waals surface area (Å²) in [5.41, 5.74) is 0.530. The molecule has 0 aromatic carbocycles. The van der Waals surface area contributed by atoms with Crippen molar-refractivity contribution in [1.29, 1.82) is 0 Å². The number of alkyl halides is 6. The van der Waals surface area contributed by atoms with Crippen molar-refractivity contribution < 1.29 is 65.2 Å². The fourth-order valence-electron chi connectivity index (χ4n) is 5.06. The molecule has 10 nitrogen and oxygen atoms in total. The summed E-state index contributed by atoms with van der Waals surface area (Å²) in [5.74, 6) is -5.93. The molecular weight excluding hydrogens is 546 g/mol. The van der Waals surface area contributed by atoms with Gasteiger partial charge in [-0.05, 0) is 38.3 Å². The van der Waals surface area contributed by atoms with Crippen LogP contribution in [0.2, 0.25) is 0 Å². The highest BCUT2D eigenvalue weighted by atomic mass is 19.4. The number of carboxylic acids is 3. The number of nitrogens with zero attached hydrogens (tertiary/aromatic N) is 2. The minimum absolute atomic E-state index is 0.197. The van der Waals surface area contributed by atoms with Crippen LogP contribution in [0.1, 0.15) is 31.2 Å². The monoisotopic (exact) mass is 576 g/mol. The smallest absolute Gasteiger partial charge is 0.481 e. The molecule has 0 unspecified atom stereocenters. The van der Waals surface area contributed by atoms with Gasteiger partial charge in [-0.2, -0.15) is 26.3 Å². The molecule has 2 atom stereocenters. The van der Waals surface area contributed by atoms with E-state index in [0.717, 1.165) is 70.6 Å². The number of fused-ring (bicyclic) bond motifs is 1. The average Bonchev–Trinajstić information content (AvgIpc) is 3.43. The molecule has 0 aliphatic carbocycles. The Balaban J connectivity index is 0.000000317. The van der Waals surface area contributed by atoms with Gasteiger partial charge in [-0.3, -0.25) is 14.6 Å². The van der Waals surface area contributed by atoms with Crippen LogP contribution in [0.3, 0.4) is 0 Å². The van der Waals surface area contributed by atoms with Crippen LogP contribution in [0.5, 0.6) is 0 Å². The predicted octanol–water partition coefficient (Wildman–Crippen LogP) is 3.32. The highest BCUT2D eigenvalue weighted by Gasteiger charge is 2.53. The number of furan rings is 1. The van der Waals surface area contributed by atoms with E-state index in [1.807, 2.05) is 6.07 Å². The van der Waals surface area contributed by atoms with E-state index in [0.29, 0.717) is 12.6 Å². The minimum Gasteiger partial charge on any atom is -0.481 e. The summed E-state index contributed by atoms with van der Waals surface area (Å²) in [7, 11) is 0. The molecule has 3 aliphatic rings. The first kappa shape index (κ1) is 32.4.